The molecular weight excluding hydrogens is 213 g/mol. The fourth-order valence-electron chi connectivity index (χ4n) is 0.876. The Bertz CT molecular complexity index is 280. The van der Waals surface area contributed by atoms with Crippen LogP contribution in [0.15, 0.2) is 18.7 Å². The van der Waals surface area contributed by atoms with Crippen LogP contribution in [0.3, 0.4) is 0 Å². The second-order valence-electron chi connectivity index (χ2n) is 3.00. The summed E-state index contributed by atoms with van der Waals surface area (Å²) in [5, 5.41) is 0. The second-order valence-corrected chi connectivity index (χ2v) is 3.00. The van der Waals surface area contributed by atoms with Crippen molar-refractivity contribution in [2.75, 3.05) is 0 Å². The Morgan fingerprint density at radius 1 is 1.40 bits per heavy atom. The number of rotatable bonds is 2. The highest BCUT2D eigenvalue weighted by Gasteiger charge is 2.20. The minimum absolute atomic E-state index is 0.126. The predicted octanol–water partition coefficient (Wildman–Crippen LogP) is 1.48. The molecule has 88 valence electrons. The molecule has 0 aliphatic rings. The molecule has 1 unspecified atom stereocenters. The van der Waals surface area contributed by atoms with Crippen LogP contribution >= 0.6 is 0 Å². The van der Waals surface area contributed by atoms with Crippen LogP contribution in [0.5, 0.6) is 0 Å². The van der Waals surface area contributed by atoms with Gasteiger partial charge in [0.2, 0.25) is 6.33 Å². The minimum Gasteiger partial charge on any atom is -0.418 e. The largest absolute Gasteiger partial charge is 0.673 e. The standard InChI is InChI=1S/C7H14N3.BF4/c1-3-7(8)10-5-4-9(2)6-10;2-1(3,4)5/h4-7H,3,8H2,1-2H3;/q+1;-1. The number of hydrogen-bond acceptors (Lipinski definition) is 1. The fraction of sp³-hybridized carbons (Fsp3) is 0.571. The van der Waals surface area contributed by atoms with Crippen molar-refractivity contribution in [1.82, 2.24) is 4.57 Å². The van der Waals surface area contributed by atoms with Crippen LogP contribution < -0.4 is 10.3 Å². The molecule has 8 heteroatoms. The Hall–Kier alpha value is -1.05. The van der Waals surface area contributed by atoms with Gasteiger partial charge in [0.25, 0.3) is 0 Å². The van der Waals surface area contributed by atoms with Crippen molar-refractivity contribution < 1.29 is 21.8 Å². The summed E-state index contributed by atoms with van der Waals surface area (Å²) in [5.41, 5.74) is 5.76. The number of aromatic nitrogens is 2. The smallest absolute Gasteiger partial charge is 0.418 e. The first-order valence-electron chi connectivity index (χ1n) is 4.39. The molecule has 1 aromatic rings. The van der Waals surface area contributed by atoms with Crippen molar-refractivity contribution in [2.45, 2.75) is 19.5 Å². The number of imidazole rings is 1. The van der Waals surface area contributed by atoms with E-state index in [1.807, 2.05) is 34.9 Å². The van der Waals surface area contributed by atoms with Crippen LogP contribution in [0, 0.1) is 0 Å². The molecule has 3 nitrogen and oxygen atoms in total. The van der Waals surface area contributed by atoms with Gasteiger partial charge in [-0.1, -0.05) is 6.92 Å². The van der Waals surface area contributed by atoms with Crippen LogP contribution in [0.4, 0.5) is 17.3 Å². The van der Waals surface area contributed by atoms with Crippen LogP contribution in [0.25, 0.3) is 0 Å². The van der Waals surface area contributed by atoms with Crippen molar-refractivity contribution in [3.05, 3.63) is 18.7 Å². The lowest BCUT2D eigenvalue weighted by molar-refractivity contribution is -0.671. The highest BCUT2D eigenvalue weighted by Crippen LogP contribution is 2.06. The van der Waals surface area contributed by atoms with Gasteiger partial charge >= 0.3 is 7.25 Å². The van der Waals surface area contributed by atoms with E-state index >= 15 is 0 Å². The van der Waals surface area contributed by atoms with Crippen molar-refractivity contribution in [1.29, 1.82) is 0 Å². The van der Waals surface area contributed by atoms with Crippen LogP contribution in [0.2, 0.25) is 0 Å². The molecule has 1 rings (SSSR count). The van der Waals surface area contributed by atoms with Crippen LogP contribution in [-0.2, 0) is 7.05 Å². The lowest BCUT2D eigenvalue weighted by Gasteiger charge is -2.01. The third-order valence-corrected chi connectivity index (χ3v) is 1.59. The normalized spacial score (nSPS) is 13.0. The number of nitrogens with two attached hydrogens (primary N) is 1. The molecule has 0 spiro atoms. The first-order valence-corrected chi connectivity index (χ1v) is 4.39. The molecule has 0 radical (unpaired) electrons. The van der Waals surface area contributed by atoms with Gasteiger partial charge in [-0.2, -0.15) is 0 Å². The lowest BCUT2D eigenvalue weighted by Crippen LogP contribution is -2.25. The summed E-state index contributed by atoms with van der Waals surface area (Å²) in [5.74, 6) is 0. The van der Waals surface area contributed by atoms with Crippen LogP contribution in [0.1, 0.15) is 19.5 Å². The number of hydrogen-bond donors (Lipinski definition) is 1. The Morgan fingerprint density at radius 3 is 2.13 bits per heavy atom. The number of nitrogens with zero attached hydrogens (tertiary/aromatic N) is 2. The van der Waals surface area contributed by atoms with E-state index in [1.54, 1.807) is 0 Å². The Labute approximate surface area is 85.6 Å². The molecule has 0 bridgehead atoms. The molecule has 0 saturated heterocycles. The van der Waals surface area contributed by atoms with E-state index in [9.17, 15) is 17.3 Å². The zero-order valence-electron chi connectivity index (χ0n) is 8.58. The summed E-state index contributed by atoms with van der Waals surface area (Å²) in [6, 6.07) is 0. The number of aryl methyl sites for hydroxylation is 1. The Morgan fingerprint density at radius 2 is 1.87 bits per heavy atom. The summed E-state index contributed by atoms with van der Waals surface area (Å²) in [7, 11) is -4.01. The zero-order valence-corrected chi connectivity index (χ0v) is 8.58. The molecule has 1 heterocycles. The van der Waals surface area contributed by atoms with E-state index < -0.39 is 7.25 Å². The van der Waals surface area contributed by atoms with E-state index in [2.05, 4.69) is 6.92 Å². The molecule has 0 aromatic carbocycles. The molecule has 0 aliphatic heterocycles. The molecule has 15 heavy (non-hydrogen) atoms. The van der Waals surface area contributed by atoms with E-state index in [0.29, 0.717) is 0 Å². The van der Waals surface area contributed by atoms with E-state index in [0.717, 1.165) is 6.42 Å². The third-order valence-electron chi connectivity index (χ3n) is 1.59. The summed E-state index contributed by atoms with van der Waals surface area (Å²) < 4.78 is 43.0. The summed E-state index contributed by atoms with van der Waals surface area (Å²) in [4.78, 5) is 0. The van der Waals surface area contributed by atoms with E-state index in [4.69, 9.17) is 5.73 Å². The first-order chi connectivity index (χ1) is 6.74. The highest BCUT2D eigenvalue weighted by atomic mass is 19.5. The SMILES string of the molecule is CCC(N)n1cc[n+](C)c1.F[B-](F)(F)F. The zero-order chi connectivity index (χ0) is 12.1. The highest BCUT2D eigenvalue weighted by molar-refractivity contribution is 6.50. The molecule has 1 atom stereocenters. The van der Waals surface area contributed by atoms with Gasteiger partial charge < -0.3 is 17.3 Å². The lowest BCUT2D eigenvalue weighted by atomic mass is 10.3. The Kier molecular flexibility index (Phi) is 5.34. The average Bonchev–Trinajstić information content (AvgIpc) is 2.47. The monoisotopic (exact) mass is 227 g/mol. The predicted molar refractivity (Wildman–Crippen MR) is 49.3 cm³/mol. The molecule has 0 fully saturated rings. The summed E-state index contributed by atoms with van der Waals surface area (Å²) >= 11 is 0. The van der Waals surface area contributed by atoms with Gasteiger partial charge in [-0.05, 0) is 6.42 Å². The van der Waals surface area contributed by atoms with Gasteiger partial charge in [0.1, 0.15) is 18.6 Å². The topological polar surface area (TPSA) is 34.8 Å². The maximum absolute atomic E-state index is 9.75. The van der Waals surface area contributed by atoms with Crippen LogP contribution in [-0.4, -0.2) is 11.8 Å². The number of halogens is 4. The van der Waals surface area contributed by atoms with Gasteiger partial charge in [-0.3, -0.25) is 5.73 Å². The molecule has 1 aromatic heterocycles. The van der Waals surface area contributed by atoms with Gasteiger partial charge in [-0.25, -0.2) is 9.13 Å². The molecular formula is C7H14BF4N3. The van der Waals surface area contributed by atoms with Gasteiger partial charge in [0, 0.05) is 0 Å². The maximum atomic E-state index is 9.75. The summed E-state index contributed by atoms with van der Waals surface area (Å²) in [6.07, 6.45) is 7.04. The van der Waals surface area contributed by atoms with Gasteiger partial charge in [0.05, 0.1) is 7.05 Å². The van der Waals surface area contributed by atoms with Crippen molar-refractivity contribution >= 4 is 7.25 Å². The van der Waals surface area contributed by atoms with Gasteiger partial charge in [-0.15, -0.1) is 0 Å². The van der Waals surface area contributed by atoms with E-state index in [-0.39, 0.29) is 6.17 Å². The molecule has 0 amide bonds. The first kappa shape index (κ1) is 14.0. The summed E-state index contributed by atoms with van der Waals surface area (Å²) in [6.45, 7) is 2.07. The minimum atomic E-state index is -6.00. The quantitative estimate of drug-likeness (QED) is 0.463. The van der Waals surface area contributed by atoms with Crippen molar-refractivity contribution in [3.63, 3.8) is 0 Å². The molecule has 2 N–H and O–H groups in total. The molecule has 0 saturated carbocycles. The van der Waals surface area contributed by atoms with Gasteiger partial charge in [0.15, 0.2) is 0 Å². The maximum Gasteiger partial charge on any atom is 0.673 e. The Balaban J connectivity index is 0.000000336. The third kappa shape index (κ3) is 7.98. The molecule has 0 aliphatic carbocycles. The van der Waals surface area contributed by atoms with Crippen molar-refractivity contribution in [3.8, 4) is 0 Å². The average molecular weight is 227 g/mol. The van der Waals surface area contributed by atoms with E-state index in [1.165, 1.54) is 0 Å². The van der Waals surface area contributed by atoms with Crippen molar-refractivity contribution in [2.24, 2.45) is 12.8 Å². The second kappa shape index (κ2) is 5.74. The fourth-order valence-corrected chi connectivity index (χ4v) is 0.876.